The average Bonchev–Trinajstić information content (AvgIpc) is 2.61. The molecule has 0 saturated heterocycles. The second-order valence-electron chi connectivity index (χ2n) is 6.26. The van der Waals surface area contributed by atoms with Gasteiger partial charge < -0.3 is 9.90 Å². The van der Waals surface area contributed by atoms with Gasteiger partial charge in [-0.2, -0.15) is 0 Å². The molecule has 1 aromatic rings. The number of allylic oxidation sites excluding steroid dienone is 1. The average molecular weight is 257 g/mol. The molecular formula is C17H21O2-. The molecule has 0 spiro atoms. The van der Waals surface area contributed by atoms with Crippen LogP contribution < -0.4 is 5.11 Å². The van der Waals surface area contributed by atoms with Crippen molar-refractivity contribution in [1.82, 2.24) is 0 Å². The van der Waals surface area contributed by atoms with Gasteiger partial charge in [-0.25, -0.2) is 0 Å². The van der Waals surface area contributed by atoms with Crippen molar-refractivity contribution in [1.29, 1.82) is 0 Å². The Bertz CT molecular complexity index is 487. The summed E-state index contributed by atoms with van der Waals surface area (Å²) in [7, 11) is 0. The first kappa shape index (κ1) is 13.9. The van der Waals surface area contributed by atoms with Crippen molar-refractivity contribution in [2.45, 2.75) is 33.6 Å². The first-order valence-electron chi connectivity index (χ1n) is 6.82. The van der Waals surface area contributed by atoms with Gasteiger partial charge in [-0.05, 0) is 29.7 Å². The van der Waals surface area contributed by atoms with Crippen LogP contribution >= 0.6 is 0 Å². The number of carboxylic acid groups (broad SMARTS) is 1. The van der Waals surface area contributed by atoms with Gasteiger partial charge in [0.2, 0.25) is 0 Å². The molecule has 0 radical (unpaired) electrons. The summed E-state index contributed by atoms with van der Waals surface area (Å²) in [6.07, 6.45) is 5.84. The van der Waals surface area contributed by atoms with Crippen molar-refractivity contribution in [2.75, 3.05) is 0 Å². The molecule has 102 valence electrons. The van der Waals surface area contributed by atoms with Gasteiger partial charge >= 0.3 is 0 Å². The fourth-order valence-electron chi connectivity index (χ4n) is 3.03. The molecule has 0 unspecified atom stereocenters. The molecule has 2 nitrogen and oxygen atoms in total. The lowest BCUT2D eigenvalue weighted by atomic mass is 9.65. The highest BCUT2D eigenvalue weighted by Crippen LogP contribution is 2.56. The van der Waals surface area contributed by atoms with Crippen LogP contribution in [0.2, 0.25) is 0 Å². The van der Waals surface area contributed by atoms with Gasteiger partial charge in [0.1, 0.15) is 0 Å². The predicted octanol–water partition coefficient (Wildman–Crippen LogP) is 2.89. The molecule has 1 aliphatic carbocycles. The van der Waals surface area contributed by atoms with E-state index in [1.807, 2.05) is 39.0 Å². The van der Waals surface area contributed by atoms with E-state index < -0.39 is 11.4 Å². The molecule has 1 aliphatic rings. The van der Waals surface area contributed by atoms with Gasteiger partial charge in [0.25, 0.3) is 0 Å². The van der Waals surface area contributed by atoms with Gasteiger partial charge in [0.05, 0.1) is 0 Å². The molecule has 2 atom stereocenters. The first-order valence-corrected chi connectivity index (χ1v) is 6.82. The summed E-state index contributed by atoms with van der Waals surface area (Å²) in [5.74, 6) is -0.649. The van der Waals surface area contributed by atoms with Crippen LogP contribution in [0.1, 0.15) is 39.2 Å². The quantitative estimate of drug-likeness (QED) is 0.835. The number of rotatable bonds is 3. The SMILES string of the molecule is CC1(C)[C@@H](C=Cc2ccccc2)CC[C@]1(C)C(=O)[O-]. The van der Waals surface area contributed by atoms with Crippen LogP contribution in [-0.2, 0) is 4.79 Å². The Balaban J connectivity index is 2.20. The van der Waals surface area contributed by atoms with E-state index in [0.29, 0.717) is 6.42 Å². The third kappa shape index (κ3) is 2.32. The number of carbonyl (C=O) groups is 1. The molecule has 1 fully saturated rings. The highest BCUT2D eigenvalue weighted by molar-refractivity contribution is 5.74. The topological polar surface area (TPSA) is 40.1 Å². The van der Waals surface area contributed by atoms with E-state index in [0.717, 1.165) is 12.0 Å². The predicted molar refractivity (Wildman–Crippen MR) is 75.1 cm³/mol. The van der Waals surface area contributed by atoms with E-state index in [2.05, 4.69) is 24.3 Å². The van der Waals surface area contributed by atoms with E-state index in [-0.39, 0.29) is 11.3 Å². The van der Waals surface area contributed by atoms with E-state index in [1.54, 1.807) is 0 Å². The molecule has 0 aliphatic heterocycles. The van der Waals surface area contributed by atoms with Crippen LogP contribution in [0.25, 0.3) is 6.08 Å². The third-order valence-corrected chi connectivity index (χ3v) is 5.08. The number of aliphatic carboxylic acids is 1. The molecule has 1 aromatic carbocycles. The van der Waals surface area contributed by atoms with Gasteiger partial charge in [0, 0.05) is 11.4 Å². The standard InChI is InChI=1S/C17H22O2/c1-16(2)14(11-12-17(16,3)15(18)19)10-9-13-7-5-4-6-8-13/h4-10,14H,11-12H2,1-3H3,(H,18,19)/p-1/t14-,17+/m0/s1. The van der Waals surface area contributed by atoms with Gasteiger partial charge in [-0.3, -0.25) is 0 Å². The number of hydrogen-bond donors (Lipinski definition) is 0. The van der Waals surface area contributed by atoms with E-state index in [4.69, 9.17) is 0 Å². The summed E-state index contributed by atoms with van der Waals surface area (Å²) in [5, 5.41) is 11.4. The summed E-state index contributed by atoms with van der Waals surface area (Å²) in [6.45, 7) is 5.89. The van der Waals surface area contributed by atoms with Crippen LogP contribution in [-0.4, -0.2) is 5.97 Å². The molecule has 0 bridgehead atoms. The summed E-state index contributed by atoms with van der Waals surface area (Å²) < 4.78 is 0. The molecule has 0 N–H and O–H groups in total. The highest BCUT2D eigenvalue weighted by atomic mass is 16.4. The third-order valence-electron chi connectivity index (χ3n) is 5.08. The highest BCUT2D eigenvalue weighted by Gasteiger charge is 2.51. The van der Waals surface area contributed by atoms with Crippen molar-refractivity contribution in [2.24, 2.45) is 16.7 Å². The zero-order chi connectivity index (χ0) is 14.1. The van der Waals surface area contributed by atoms with E-state index in [9.17, 15) is 9.90 Å². The normalized spacial score (nSPS) is 29.7. The lowest BCUT2D eigenvalue weighted by Gasteiger charge is -2.41. The fourth-order valence-corrected chi connectivity index (χ4v) is 3.03. The Hall–Kier alpha value is -1.57. The van der Waals surface area contributed by atoms with Crippen LogP contribution in [0, 0.1) is 16.7 Å². The largest absolute Gasteiger partial charge is 0.550 e. The summed E-state index contributed by atoms with van der Waals surface area (Å²) in [4.78, 5) is 11.4. The molecule has 0 amide bonds. The van der Waals surface area contributed by atoms with E-state index >= 15 is 0 Å². The number of carboxylic acids is 1. The second kappa shape index (κ2) is 4.84. The second-order valence-corrected chi connectivity index (χ2v) is 6.26. The monoisotopic (exact) mass is 257 g/mol. The minimum atomic E-state index is -0.923. The molecule has 1 saturated carbocycles. The van der Waals surface area contributed by atoms with Gasteiger partial charge in [-0.15, -0.1) is 0 Å². The molecule has 0 heterocycles. The maximum atomic E-state index is 11.4. The van der Waals surface area contributed by atoms with Crippen molar-refractivity contribution >= 4 is 12.0 Å². The smallest absolute Gasteiger partial charge is 0.0479 e. The van der Waals surface area contributed by atoms with Crippen molar-refractivity contribution in [3.8, 4) is 0 Å². The maximum Gasteiger partial charge on any atom is 0.0479 e. The molecule has 19 heavy (non-hydrogen) atoms. The fraction of sp³-hybridized carbons (Fsp3) is 0.471. The van der Waals surface area contributed by atoms with Gasteiger partial charge in [0.15, 0.2) is 0 Å². The Kier molecular flexibility index (Phi) is 3.53. The zero-order valence-electron chi connectivity index (χ0n) is 11.8. The summed E-state index contributed by atoms with van der Waals surface area (Å²) in [6, 6.07) is 10.1. The van der Waals surface area contributed by atoms with Crippen LogP contribution in [0.15, 0.2) is 36.4 Å². The Morgan fingerprint density at radius 2 is 1.89 bits per heavy atom. The number of benzene rings is 1. The molecule has 2 heteroatoms. The minimum Gasteiger partial charge on any atom is -0.550 e. The Labute approximate surface area is 115 Å². The van der Waals surface area contributed by atoms with Crippen LogP contribution in [0.4, 0.5) is 0 Å². The maximum absolute atomic E-state index is 11.4. The zero-order valence-corrected chi connectivity index (χ0v) is 11.8. The lowest BCUT2D eigenvalue weighted by Crippen LogP contribution is -2.47. The summed E-state index contributed by atoms with van der Waals surface area (Å²) >= 11 is 0. The van der Waals surface area contributed by atoms with Crippen LogP contribution in [0.3, 0.4) is 0 Å². The van der Waals surface area contributed by atoms with E-state index in [1.165, 1.54) is 0 Å². The van der Waals surface area contributed by atoms with Crippen molar-refractivity contribution in [3.63, 3.8) is 0 Å². The first-order chi connectivity index (χ1) is 8.88. The minimum absolute atomic E-state index is 0.274. The summed E-state index contributed by atoms with van der Waals surface area (Å²) in [5.41, 5.74) is 0.135. The Morgan fingerprint density at radius 3 is 2.42 bits per heavy atom. The van der Waals surface area contributed by atoms with Crippen molar-refractivity contribution < 1.29 is 9.90 Å². The molecule has 0 aromatic heterocycles. The lowest BCUT2D eigenvalue weighted by molar-refractivity contribution is -0.323. The number of carbonyl (C=O) groups excluding carboxylic acids is 1. The Morgan fingerprint density at radius 1 is 1.26 bits per heavy atom. The molecular weight excluding hydrogens is 236 g/mol. The molecule has 2 rings (SSSR count). The van der Waals surface area contributed by atoms with Crippen LogP contribution in [0.5, 0.6) is 0 Å². The van der Waals surface area contributed by atoms with Crippen molar-refractivity contribution in [3.05, 3.63) is 42.0 Å². The number of hydrogen-bond acceptors (Lipinski definition) is 2. The van der Waals surface area contributed by atoms with Gasteiger partial charge in [-0.1, -0.05) is 63.3 Å².